The lowest BCUT2D eigenvalue weighted by Gasteiger charge is -2.33. The van der Waals surface area contributed by atoms with Gasteiger partial charge in [-0.05, 0) is 24.5 Å². The molecule has 1 aliphatic carbocycles. The zero-order valence-electron chi connectivity index (χ0n) is 11.6. The van der Waals surface area contributed by atoms with Crippen LogP contribution in [0.5, 0.6) is 0 Å². The first-order valence-corrected chi connectivity index (χ1v) is 6.69. The lowest BCUT2D eigenvalue weighted by molar-refractivity contribution is -0.127. The maximum atomic E-state index is 11.8. The molecule has 1 saturated carbocycles. The number of benzene rings is 1. The summed E-state index contributed by atoms with van der Waals surface area (Å²) in [6.45, 7) is 0.639. The van der Waals surface area contributed by atoms with Crippen LogP contribution in [0.2, 0.25) is 0 Å². The molecule has 0 N–H and O–H groups in total. The summed E-state index contributed by atoms with van der Waals surface area (Å²) in [5.41, 5.74) is 1.18. The Balaban J connectivity index is 1.68. The number of carbonyl (C=O) groups is 1. The van der Waals surface area contributed by atoms with Crippen LogP contribution in [0.15, 0.2) is 42.6 Å². The standard InChI is InChI=1S/C16H21NO2/c1-17(2)9-8-16(18)14-10-15(11-14)19-12-13-6-4-3-5-7-13/h3-9,14-15H,10-12H2,1-2H3. The number of carbonyl (C=O) groups excluding carboxylic acids is 1. The quantitative estimate of drug-likeness (QED) is 0.736. The summed E-state index contributed by atoms with van der Waals surface area (Å²) in [6.07, 6.45) is 5.41. The number of rotatable bonds is 6. The van der Waals surface area contributed by atoms with Gasteiger partial charge >= 0.3 is 0 Å². The molecule has 0 bridgehead atoms. The second-order valence-corrected chi connectivity index (χ2v) is 5.27. The molecule has 0 aromatic heterocycles. The van der Waals surface area contributed by atoms with E-state index in [4.69, 9.17) is 4.74 Å². The Kier molecular flexibility index (Phi) is 4.74. The molecule has 3 heteroatoms. The molecular formula is C16H21NO2. The minimum Gasteiger partial charge on any atom is -0.383 e. The SMILES string of the molecule is CN(C)C=CC(=O)C1CC(OCc2ccccc2)C1. The first-order chi connectivity index (χ1) is 9.15. The minimum absolute atomic E-state index is 0.150. The Labute approximate surface area is 114 Å². The highest BCUT2D eigenvalue weighted by Crippen LogP contribution is 2.31. The van der Waals surface area contributed by atoms with E-state index in [0.717, 1.165) is 12.8 Å². The van der Waals surface area contributed by atoms with Gasteiger partial charge in [0.2, 0.25) is 0 Å². The van der Waals surface area contributed by atoms with Gasteiger partial charge in [0.05, 0.1) is 12.7 Å². The van der Waals surface area contributed by atoms with Gasteiger partial charge in [0.1, 0.15) is 0 Å². The van der Waals surface area contributed by atoms with E-state index in [-0.39, 0.29) is 17.8 Å². The van der Waals surface area contributed by atoms with Crippen molar-refractivity contribution < 1.29 is 9.53 Å². The van der Waals surface area contributed by atoms with Crippen LogP contribution in [-0.4, -0.2) is 30.9 Å². The number of allylic oxidation sites excluding steroid dienone is 1. The van der Waals surface area contributed by atoms with Crippen molar-refractivity contribution in [2.45, 2.75) is 25.6 Å². The van der Waals surface area contributed by atoms with Crippen LogP contribution in [0.4, 0.5) is 0 Å². The molecule has 0 atom stereocenters. The van der Waals surface area contributed by atoms with Crippen LogP contribution in [0.1, 0.15) is 18.4 Å². The molecule has 0 aliphatic heterocycles. The highest BCUT2D eigenvalue weighted by atomic mass is 16.5. The third-order valence-corrected chi connectivity index (χ3v) is 3.36. The molecule has 0 amide bonds. The first-order valence-electron chi connectivity index (χ1n) is 6.69. The second kappa shape index (κ2) is 6.53. The zero-order valence-corrected chi connectivity index (χ0v) is 11.6. The van der Waals surface area contributed by atoms with Crippen molar-refractivity contribution in [1.29, 1.82) is 0 Å². The van der Waals surface area contributed by atoms with E-state index in [2.05, 4.69) is 12.1 Å². The van der Waals surface area contributed by atoms with Crippen molar-refractivity contribution in [3.8, 4) is 0 Å². The third-order valence-electron chi connectivity index (χ3n) is 3.36. The molecule has 3 nitrogen and oxygen atoms in total. The van der Waals surface area contributed by atoms with Gasteiger partial charge in [-0.2, -0.15) is 0 Å². The molecule has 1 aliphatic rings. The monoisotopic (exact) mass is 259 g/mol. The van der Waals surface area contributed by atoms with E-state index in [0.29, 0.717) is 6.61 Å². The normalized spacial score (nSPS) is 22.2. The van der Waals surface area contributed by atoms with Crippen molar-refractivity contribution in [2.75, 3.05) is 14.1 Å². The van der Waals surface area contributed by atoms with Gasteiger partial charge in [0.25, 0.3) is 0 Å². The Morgan fingerprint density at radius 3 is 2.63 bits per heavy atom. The molecule has 102 valence electrons. The van der Waals surface area contributed by atoms with Gasteiger partial charge < -0.3 is 9.64 Å². The zero-order chi connectivity index (χ0) is 13.7. The Bertz CT molecular complexity index is 433. The number of hydrogen-bond acceptors (Lipinski definition) is 3. The summed E-state index contributed by atoms with van der Waals surface area (Å²) in [7, 11) is 3.83. The molecule has 0 saturated heterocycles. The van der Waals surface area contributed by atoms with Crippen molar-refractivity contribution in [3.05, 3.63) is 48.2 Å². The highest BCUT2D eigenvalue weighted by molar-refractivity contribution is 5.92. The van der Waals surface area contributed by atoms with E-state index >= 15 is 0 Å². The molecule has 1 aromatic carbocycles. The fourth-order valence-electron chi connectivity index (χ4n) is 2.08. The van der Waals surface area contributed by atoms with Crippen molar-refractivity contribution >= 4 is 5.78 Å². The molecule has 1 fully saturated rings. The average Bonchev–Trinajstić information content (AvgIpc) is 2.35. The molecule has 0 unspecified atom stereocenters. The predicted octanol–water partition coefficient (Wildman–Crippen LogP) is 2.63. The van der Waals surface area contributed by atoms with E-state index in [1.54, 1.807) is 12.3 Å². The summed E-state index contributed by atoms with van der Waals surface area (Å²) in [5, 5.41) is 0. The largest absolute Gasteiger partial charge is 0.383 e. The van der Waals surface area contributed by atoms with Crippen LogP contribution in [0.25, 0.3) is 0 Å². The molecule has 19 heavy (non-hydrogen) atoms. The lowest BCUT2D eigenvalue weighted by atomic mass is 9.79. The van der Waals surface area contributed by atoms with Gasteiger partial charge in [-0.1, -0.05) is 30.3 Å². The maximum Gasteiger partial charge on any atom is 0.160 e. The number of ether oxygens (including phenoxy) is 1. The predicted molar refractivity (Wildman–Crippen MR) is 75.6 cm³/mol. The molecule has 1 aromatic rings. The van der Waals surface area contributed by atoms with Crippen LogP contribution in [-0.2, 0) is 16.1 Å². The number of hydrogen-bond donors (Lipinski definition) is 0. The molecular weight excluding hydrogens is 238 g/mol. The van der Waals surface area contributed by atoms with Crippen molar-refractivity contribution in [2.24, 2.45) is 5.92 Å². The van der Waals surface area contributed by atoms with Crippen LogP contribution in [0.3, 0.4) is 0 Å². The summed E-state index contributed by atoms with van der Waals surface area (Å²) in [6, 6.07) is 10.1. The summed E-state index contributed by atoms with van der Waals surface area (Å²) < 4.78 is 5.78. The van der Waals surface area contributed by atoms with Crippen LogP contribution >= 0.6 is 0 Å². The van der Waals surface area contributed by atoms with E-state index in [9.17, 15) is 4.79 Å². The summed E-state index contributed by atoms with van der Waals surface area (Å²) in [4.78, 5) is 13.7. The molecule has 2 rings (SSSR count). The van der Waals surface area contributed by atoms with Gasteiger partial charge in [0, 0.05) is 26.2 Å². The van der Waals surface area contributed by atoms with Crippen LogP contribution < -0.4 is 0 Å². The maximum absolute atomic E-state index is 11.8. The van der Waals surface area contributed by atoms with E-state index in [1.165, 1.54) is 5.56 Å². The molecule has 0 spiro atoms. The fourth-order valence-corrected chi connectivity index (χ4v) is 2.08. The fraction of sp³-hybridized carbons (Fsp3) is 0.438. The summed E-state index contributed by atoms with van der Waals surface area (Å²) in [5.74, 6) is 0.366. The highest BCUT2D eigenvalue weighted by Gasteiger charge is 2.33. The van der Waals surface area contributed by atoms with Gasteiger partial charge in [-0.25, -0.2) is 0 Å². The minimum atomic E-state index is 0.150. The second-order valence-electron chi connectivity index (χ2n) is 5.27. The van der Waals surface area contributed by atoms with Crippen molar-refractivity contribution in [1.82, 2.24) is 4.90 Å². The van der Waals surface area contributed by atoms with Crippen molar-refractivity contribution in [3.63, 3.8) is 0 Å². The summed E-state index contributed by atoms with van der Waals surface area (Å²) >= 11 is 0. The molecule has 0 heterocycles. The van der Waals surface area contributed by atoms with E-state index < -0.39 is 0 Å². The topological polar surface area (TPSA) is 29.5 Å². The van der Waals surface area contributed by atoms with Gasteiger partial charge in [-0.15, -0.1) is 0 Å². The van der Waals surface area contributed by atoms with E-state index in [1.807, 2.05) is 37.2 Å². The Hall–Kier alpha value is -1.61. The Morgan fingerprint density at radius 1 is 1.32 bits per heavy atom. The third kappa shape index (κ3) is 4.21. The Morgan fingerprint density at radius 2 is 2.00 bits per heavy atom. The molecule has 0 radical (unpaired) electrons. The number of nitrogens with zero attached hydrogens (tertiary/aromatic N) is 1. The van der Waals surface area contributed by atoms with Gasteiger partial charge in [-0.3, -0.25) is 4.79 Å². The van der Waals surface area contributed by atoms with Crippen LogP contribution in [0, 0.1) is 5.92 Å². The lowest BCUT2D eigenvalue weighted by Crippen LogP contribution is -2.35. The van der Waals surface area contributed by atoms with Gasteiger partial charge in [0.15, 0.2) is 5.78 Å². The smallest absolute Gasteiger partial charge is 0.160 e. The first kappa shape index (κ1) is 13.8. The average molecular weight is 259 g/mol. The number of ketones is 1.